The molecule has 0 atom stereocenters. The molecule has 9 nitrogen and oxygen atoms in total. The predicted octanol–water partition coefficient (Wildman–Crippen LogP) is 2.14. The van der Waals surface area contributed by atoms with Crippen LogP contribution in [-0.2, 0) is 0 Å². The van der Waals surface area contributed by atoms with Crippen molar-refractivity contribution >= 4 is 29.3 Å². The monoisotopic (exact) mass is 428 g/mol. The third-order valence-corrected chi connectivity index (χ3v) is 5.42. The van der Waals surface area contributed by atoms with E-state index < -0.39 is 11.5 Å². The SMILES string of the molecule is CCOc1cc(N)c(C=NC2CCC(C)(O)CC2)cc1NC(=O)c1cccc(N)[n+]1O. The molecule has 1 heterocycles. The van der Waals surface area contributed by atoms with Crippen molar-refractivity contribution in [3.05, 3.63) is 41.6 Å². The van der Waals surface area contributed by atoms with Crippen LogP contribution in [0, 0.1) is 0 Å². The van der Waals surface area contributed by atoms with E-state index in [9.17, 15) is 15.1 Å². The first-order valence-corrected chi connectivity index (χ1v) is 10.3. The highest BCUT2D eigenvalue weighted by Gasteiger charge is 2.28. The van der Waals surface area contributed by atoms with Gasteiger partial charge in [0.2, 0.25) is 5.69 Å². The Balaban J connectivity index is 1.84. The average Bonchev–Trinajstić information content (AvgIpc) is 2.72. The van der Waals surface area contributed by atoms with E-state index in [0.717, 1.165) is 12.8 Å². The zero-order chi connectivity index (χ0) is 22.6. The molecule has 1 saturated carbocycles. The molecule has 0 unspecified atom stereocenters. The van der Waals surface area contributed by atoms with Crippen LogP contribution in [-0.4, -0.2) is 40.7 Å². The van der Waals surface area contributed by atoms with Crippen molar-refractivity contribution in [1.29, 1.82) is 0 Å². The van der Waals surface area contributed by atoms with Gasteiger partial charge in [0.25, 0.3) is 5.91 Å². The van der Waals surface area contributed by atoms with Crippen LogP contribution in [0.15, 0.2) is 35.3 Å². The normalized spacial score (nSPS) is 21.2. The topological polar surface area (TPSA) is 147 Å². The molecule has 166 valence electrons. The number of nitrogens with zero attached hydrogens (tertiary/aromatic N) is 2. The van der Waals surface area contributed by atoms with E-state index in [1.165, 1.54) is 12.1 Å². The maximum atomic E-state index is 12.7. The summed E-state index contributed by atoms with van der Waals surface area (Å²) in [5.74, 6) is -0.111. The zero-order valence-electron chi connectivity index (χ0n) is 17.8. The minimum atomic E-state index is -0.619. The van der Waals surface area contributed by atoms with Gasteiger partial charge in [-0.15, -0.1) is 0 Å². The van der Waals surface area contributed by atoms with Gasteiger partial charge in [0, 0.05) is 29.6 Å². The number of pyridine rings is 1. The lowest BCUT2D eigenvalue weighted by molar-refractivity contribution is -0.894. The van der Waals surface area contributed by atoms with Gasteiger partial charge >= 0.3 is 5.82 Å². The Morgan fingerprint density at radius 3 is 2.74 bits per heavy atom. The summed E-state index contributed by atoms with van der Waals surface area (Å²) in [5, 5.41) is 22.9. The fourth-order valence-electron chi connectivity index (χ4n) is 3.53. The van der Waals surface area contributed by atoms with Gasteiger partial charge < -0.3 is 26.1 Å². The molecule has 1 aliphatic carbocycles. The standard InChI is InChI=1S/C22H29N5O4/c1-3-31-19-12-16(23)14(13-25-15-7-9-22(2,29)10-8-15)11-17(19)26-21(28)18-5-4-6-20(24)27(18)30/h4-6,11-13,15,29-30H,3,7-10H2,1-2H3,(H4,23,24,25,26,28)/p+1. The Labute approximate surface area is 181 Å². The van der Waals surface area contributed by atoms with Crippen LogP contribution in [0.3, 0.4) is 0 Å². The van der Waals surface area contributed by atoms with E-state index in [1.807, 2.05) is 13.8 Å². The number of nitrogens with two attached hydrogens (primary N) is 2. The summed E-state index contributed by atoms with van der Waals surface area (Å²) in [4.78, 5) is 17.3. The first-order valence-electron chi connectivity index (χ1n) is 10.3. The molecule has 0 saturated heterocycles. The number of nitrogen functional groups attached to an aromatic ring is 2. The maximum absolute atomic E-state index is 12.7. The Kier molecular flexibility index (Phi) is 6.65. The van der Waals surface area contributed by atoms with Gasteiger partial charge in [0.15, 0.2) is 0 Å². The first-order chi connectivity index (χ1) is 14.7. The number of amides is 1. The van der Waals surface area contributed by atoms with E-state index in [-0.39, 0.29) is 17.6 Å². The molecule has 0 spiro atoms. The van der Waals surface area contributed by atoms with Crippen LogP contribution in [0.2, 0.25) is 0 Å². The summed E-state index contributed by atoms with van der Waals surface area (Å²) in [6.07, 6.45) is 4.71. The lowest BCUT2D eigenvalue weighted by Gasteiger charge is -2.31. The molecule has 1 aromatic carbocycles. The molecule has 0 aliphatic heterocycles. The van der Waals surface area contributed by atoms with Gasteiger partial charge in [0.05, 0.1) is 23.9 Å². The molecule has 1 aliphatic rings. The number of ether oxygens (including phenoxy) is 1. The molecule has 31 heavy (non-hydrogen) atoms. The van der Waals surface area contributed by atoms with Crippen LogP contribution in [0.25, 0.3) is 0 Å². The molecule has 1 amide bonds. The van der Waals surface area contributed by atoms with Crippen molar-refractivity contribution in [2.75, 3.05) is 23.4 Å². The number of benzene rings is 1. The third-order valence-electron chi connectivity index (χ3n) is 5.42. The maximum Gasteiger partial charge on any atom is 0.312 e. The summed E-state index contributed by atoms with van der Waals surface area (Å²) < 4.78 is 6.24. The number of aliphatic hydroxyl groups is 1. The molecule has 7 N–H and O–H groups in total. The van der Waals surface area contributed by atoms with E-state index in [1.54, 1.807) is 24.4 Å². The van der Waals surface area contributed by atoms with Crippen LogP contribution in [0.4, 0.5) is 17.2 Å². The lowest BCUT2D eigenvalue weighted by atomic mass is 9.84. The van der Waals surface area contributed by atoms with Gasteiger partial charge in [0.1, 0.15) is 5.75 Å². The van der Waals surface area contributed by atoms with Gasteiger partial charge in [-0.3, -0.25) is 15.5 Å². The van der Waals surface area contributed by atoms with E-state index in [0.29, 0.717) is 46.9 Å². The smallest absolute Gasteiger partial charge is 0.312 e. The number of rotatable bonds is 6. The summed E-state index contributed by atoms with van der Waals surface area (Å²) in [7, 11) is 0. The Bertz CT molecular complexity index is 980. The highest BCUT2D eigenvalue weighted by atomic mass is 16.5. The van der Waals surface area contributed by atoms with Crippen molar-refractivity contribution < 1.29 is 24.6 Å². The highest BCUT2D eigenvalue weighted by molar-refractivity contribution is 6.04. The van der Waals surface area contributed by atoms with Crippen molar-refractivity contribution in [1.82, 2.24) is 0 Å². The molecule has 1 aromatic heterocycles. The second kappa shape index (κ2) is 9.22. The van der Waals surface area contributed by atoms with Gasteiger partial charge in [-0.25, -0.2) is 0 Å². The third kappa shape index (κ3) is 5.43. The number of aromatic nitrogens is 1. The molecule has 0 bridgehead atoms. The van der Waals surface area contributed by atoms with Crippen molar-refractivity contribution in [3.63, 3.8) is 0 Å². The van der Waals surface area contributed by atoms with Crippen LogP contribution in [0.1, 0.15) is 55.6 Å². The first kappa shape index (κ1) is 22.4. The number of carbonyl (C=O) groups is 1. The van der Waals surface area contributed by atoms with E-state index >= 15 is 0 Å². The van der Waals surface area contributed by atoms with E-state index in [2.05, 4.69) is 10.3 Å². The average molecular weight is 429 g/mol. The fourth-order valence-corrected chi connectivity index (χ4v) is 3.53. The number of carbonyl (C=O) groups excluding carboxylic acids is 1. The van der Waals surface area contributed by atoms with Crippen LogP contribution < -0.4 is 26.3 Å². The van der Waals surface area contributed by atoms with Crippen LogP contribution >= 0.6 is 0 Å². The van der Waals surface area contributed by atoms with Crippen molar-refractivity contribution in [3.8, 4) is 5.75 Å². The zero-order valence-corrected chi connectivity index (χ0v) is 17.8. The van der Waals surface area contributed by atoms with Crippen molar-refractivity contribution in [2.45, 2.75) is 51.2 Å². The molecule has 3 rings (SSSR count). The second-order valence-electron chi connectivity index (χ2n) is 8.02. The van der Waals surface area contributed by atoms with Gasteiger partial charge in [-0.1, -0.05) is 0 Å². The highest BCUT2D eigenvalue weighted by Crippen LogP contribution is 2.32. The molecule has 1 fully saturated rings. The molecule has 9 heteroatoms. The van der Waals surface area contributed by atoms with Gasteiger partial charge in [-0.05, 0) is 62.5 Å². The van der Waals surface area contributed by atoms with Gasteiger partial charge in [-0.2, -0.15) is 0 Å². The Morgan fingerprint density at radius 1 is 1.35 bits per heavy atom. The predicted molar refractivity (Wildman–Crippen MR) is 119 cm³/mol. The minimum absolute atomic E-state index is 0.0243. The van der Waals surface area contributed by atoms with E-state index in [4.69, 9.17) is 16.2 Å². The fraction of sp³-hybridized carbons (Fsp3) is 0.409. The summed E-state index contributed by atoms with van der Waals surface area (Å²) in [6, 6.07) is 7.94. The summed E-state index contributed by atoms with van der Waals surface area (Å²) >= 11 is 0. The molecular weight excluding hydrogens is 398 g/mol. The summed E-state index contributed by atoms with van der Waals surface area (Å²) in [6.45, 7) is 4.06. The minimum Gasteiger partial charge on any atom is -0.492 e. The molecule has 2 aromatic rings. The molecular formula is C22H30N5O4+. The largest absolute Gasteiger partial charge is 0.492 e. The Morgan fingerprint density at radius 2 is 2.06 bits per heavy atom. The molecule has 0 radical (unpaired) electrons. The summed E-state index contributed by atoms with van der Waals surface area (Å²) in [5.41, 5.74) is 12.7. The number of hydrogen-bond acceptors (Lipinski definition) is 7. The lowest BCUT2D eigenvalue weighted by Crippen LogP contribution is -2.42. The quantitative estimate of drug-likeness (QED) is 0.206. The van der Waals surface area contributed by atoms with Crippen LogP contribution in [0.5, 0.6) is 5.75 Å². The Hall–Kier alpha value is -3.33. The number of nitrogens with one attached hydrogen (secondary N) is 1. The second-order valence-corrected chi connectivity index (χ2v) is 8.02. The number of hydrogen-bond donors (Lipinski definition) is 5. The number of anilines is 3. The van der Waals surface area contributed by atoms with Crippen molar-refractivity contribution in [2.24, 2.45) is 4.99 Å². The number of aliphatic imine (C=N–C) groups is 1.